The number of hydrogen-bond acceptors (Lipinski definition) is 6. The highest BCUT2D eigenvalue weighted by Crippen LogP contribution is 2.34. The second-order valence-electron chi connectivity index (χ2n) is 7.66. The predicted molar refractivity (Wildman–Crippen MR) is 126 cm³/mol. The number of fused-ring (bicyclic) bond motifs is 1. The monoisotopic (exact) mass is 438 g/mol. The number of hydrogen-bond donors (Lipinski definition) is 1. The molecule has 1 aliphatic rings. The third kappa shape index (κ3) is 3.94. The van der Waals surface area contributed by atoms with E-state index in [2.05, 4.69) is 16.5 Å². The molecule has 0 saturated carbocycles. The average molecular weight is 438 g/mol. The predicted octanol–water partition coefficient (Wildman–Crippen LogP) is 4.34. The number of anilines is 1. The Bertz CT molecular complexity index is 1340. The Morgan fingerprint density at radius 2 is 1.85 bits per heavy atom. The molecule has 0 unspecified atom stereocenters. The van der Waals surface area contributed by atoms with E-state index in [4.69, 9.17) is 15.6 Å². The standard InChI is InChI=1S/C25H22N6O2/c1-2-21(32)30-14-6-7-18(15-30)31-25-22(24(26)27-16-28-25)23(29-31)17-10-12-20(13-11-17)33-19-8-4-3-5-9-19/h2-6,8-14,16,18H,1,7,15H2,(H2,26,27,28)/t18-/m1/s1. The number of nitrogens with zero attached hydrogens (tertiary/aromatic N) is 5. The van der Waals surface area contributed by atoms with E-state index in [1.807, 2.05) is 65.4 Å². The van der Waals surface area contributed by atoms with Crippen LogP contribution in [0.2, 0.25) is 0 Å². The summed E-state index contributed by atoms with van der Waals surface area (Å²) in [6.07, 6.45) is 7.18. The number of rotatable bonds is 5. The van der Waals surface area contributed by atoms with Gasteiger partial charge in [-0.05, 0) is 48.9 Å². The molecule has 33 heavy (non-hydrogen) atoms. The number of aromatic nitrogens is 4. The van der Waals surface area contributed by atoms with Crippen molar-refractivity contribution in [2.75, 3.05) is 12.3 Å². The molecule has 0 fully saturated rings. The van der Waals surface area contributed by atoms with E-state index in [-0.39, 0.29) is 11.9 Å². The molecular weight excluding hydrogens is 416 g/mol. The highest BCUT2D eigenvalue weighted by atomic mass is 16.5. The molecule has 1 aliphatic heterocycles. The van der Waals surface area contributed by atoms with Crippen LogP contribution in [0.5, 0.6) is 11.5 Å². The van der Waals surface area contributed by atoms with Gasteiger partial charge in [0.1, 0.15) is 29.3 Å². The molecule has 0 aliphatic carbocycles. The molecule has 4 aromatic rings. The highest BCUT2D eigenvalue weighted by molar-refractivity contribution is 5.98. The number of para-hydroxylation sites is 1. The second-order valence-corrected chi connectivity index (χ2v) is 7.66. The molecule has 5 rings (SSSR count). The van der Waals surface area contributed by atoms with Gasteiger partial charge in [-0.2, -0.15) is 5.10 Å². The van der Waals surface area contributed by atoms with Crippen LogP contribution < -0.4 is 10.5 Å². The Kier molecular flexibility index (Phi) is 5.32. The quantitative estimate of drug-likeness (QED) is 0.465. The van der Waals surface area contributed by atoms with Crippen molar-refractivity contribution in [2.45, 2.75) is 12.5 Å². The maximum absolute atomic E-state index is 12.1. The van der Waals surface area contributed by atoms with Crippen molar-refractivity contribution >= 4 is 22.8 Å². The molecule has 8 nitrogen and oxygen atoms in total. The number of nitrogen functional groups attached to an aromatic ring is 1. The van der Waals surface area contributed by atoms with E-state index in [1.54, 1.807) is 11.1 Å². The van der Waals surface area contributed by atoms with Gasteiger partial charge in [0.15, 0.2) is 5.65 Å². The summed E-state index contributed by atoms with van der Waals surface area (Å²) in [5, 5.41) is 5.56. The maximum atomic E-state index is 12.1. The molecule has 2 N–H and O–H groups in total. The largest absolute Gasteiger partial charge is 0.457 e. The van der Waals surface area contributed by atoms with Crippen LogP contribution in [0.4, 0.5) is 5.82 Å². The first-order valence-electron chi connectivity index (χ1n) is 10.6. The van der Waals surface area contributed by atoms with Crippen molar-refractivity contribution in [3.8, 4) is 22.8 Å². The van der Waals surface area contributed by atoms with Gasteiger partial charge in [0.05, 0.1) is 11.4 Å². The van der Waals surface area contributed by atoms with E-state index >= 15 is 0 Å². The Balaban J connectivity index is 1.51. The molecule has 0 spiro atoms. The minimum absolute atomic E-state index is 0.0925. The van der Waals surface area contributed by atoms with Crippen molar-refractivity contribution in [1.82, 2.24) is 24.6 Å². The lowest BCUT2D eigenvalue weighted by Crippen LogP contribution is -2.33. The van der Waals surface area contributed by atoms with Crippen molar-refractivity contribution in [2.24, 2.45) is 0 Å². The first kappa shape index (κ1) is 20.4. The average Bonchev–Trinajstić information content (AvgIpc) is 3.26. The summed E-state index contributed by atoms with van der Waals surface area (Å²) in [5.74, 6) is 1.68. The molecule has 3 heterocycles. The zero-order chi connectivity index (χ0) is 22.8. The summed E-state index contributed by atoms with van der Waals surface area (Å²) in [4.78, 5) is 22.4. The number of nitrogens with two attached hydrogens (primary N) is 1. The van der Waals surface area contributed by atoms with E-state index in [0.29, 0.717) is 41.3 Å². The van der Waals surface area contributed by atoms with Gasteiger partial charge >= 0.3 is 0 Å². The van der Waals surface area contributed by atoms with Crippen molar-refractivity contribution in [1.29, 1.82) is 0 Å². The highest BCUT2D eigenvalue weighted by Gasteiger charge is 2.26. The van der Waals surface area contributed by atoms with Crippen LogP contribution in [-0.2, 0) is 4.79 Å². The lowest BCUT2D eigenvalue weighted by Gasteiger charge is -2.27. The van der Waals surface area contributed by atoms with Crippen molar-refractivity contribution in [3.63, 3.8) is 0 Å². The van der Waals surface area contributed by atoms with Crippen LogP contribution in [-0.4, -0.2) is 37.1 Å². The SMILES string of the molecule is C=CC(=O)N1C=CC[C@@H](n2nc(-c3ccc(Oc4ccccc4)cc3)c3c(N)ncnc32)C1. The van der Waals surface area contributed by atoms with E-state index < -0.39 is 0 Å². The molecule has 0 bridgehead atoms. The van der Waals surface area contributed by atoms with E-state index in [9.17, 15) is 4.79 Å². The van der Waals surface area contributed by atoms with Gasteiger partial charge < -0.3 is 15.4 Å². The topological polar surface area (TPSA) is 99.2 Å². The third-order valence-corrected chi connectivity index (χ3v) is 5.53. The second kappa shape index (κ2) is 8.58. The van der Waals surface area contributed by atoms with Crippen molar-refractivity contribution < 1.29 is 9.53 Å². The van der Waals surface area contributed by atoms with Crippen LogP contribution in [0, 0.1) is 0 Å². The first-order valence-corrected chi connectivity index (χ1v) is 10.6. The third-order valence-electron chi connectivity index (χ3n) is 5.53. The van der Waals surface area contributed by atoms with Gasteiger partial charge in [-0.3, -0.25) is 4.79 Å². The van der Waals surface area contributed by atoms with E-state index in [1.165, 1.54) is 12.4 Å². The fourth-order valence-corrected chi connectivity index (χ4v) is 3.92. The zero-order valence-electron chi connectivity index (χ0n) is 17.8. The van der Waals surface area contributed by atoms with Crippen LogP contribution in [0.25, 0.3) is 22.3 Å². The van der Waals surface area contributed by atoms with Crippen LogP contribution in [0.1, 0.15) is 12.5 Å². The van der Waals surface area contributed by atoms with Crippen molar-refractivity contribution in [3.05, 3.63) is 85.9 Å². The lowest BCUT2D eigenvalue weighted by molar-refractivity contribution is -0.124. The van der Waals surface area contributed by atoms with Gasteiger partial charge in [-0.25, -0.2) is 14.6 Å². The number of allylic oxidation sites excluding steroid dienone is 1. The van der Waals surface area contributed by atoms with Gasteiger partial charge in [-0.15, -0.1) is 0 Å². The fraction of sp³-hybridized carbons (Fsp3) is 0.120. The molecule has 2 aromatic heterocycles. The Hall–Kier alpha value is -4.46. The Labute approximate surface area is 190 Å². The smallest absolute Gasteiger partial charge is 0.249 e. The summed E-state index contributed by atoms with van der Waals surface area (Å²) in [7, 11) is 0. The van der Waals surface area contributed by atoms with Crippen LogP contribution in [0.3, 0.4) is 0 Å². The lowest BCUT2D eigenvalue weighted by atomic mass is 10.1. The Morgan fingerprint density at radius 3 is 2.61 bits per heavy atom. The van der Waals surface area contributed by atoms with Gasteiger partial charge in [-0.1, -0.05) is 30.9 Å². The normalized spacial score (nSPS) is 15.5. The summed E-state index contributed by atoms with van der Waals surface area (Å²) < 4.78 is 7.73. The molecule has 1 amide bonds. The number of amides is 1. The minimum atomic E-state index is -0.157. The molecular formula is C25H22N6O2. The molecule has 8 heteroatoms. The van der Waals surface area contributed by atoms with E-state index in [0.717, 1.165) is 11.3 Å². The maximum Gasteiger partial charge on any atom is 0.249 e. The molecule has 1 atom stereocenters. The number of carbonyl (C=O) groups is 1. The van der Waals surface area contributed by atoms with Gasteiger partial charge in [0.25, 0.3) is 0 Å². The molecule has 164 valence electrons. The van der Waals surface area contributed by atoms with Crippen LogP contribution in [0.15, 0.2) is 85.9 Å². The molecule has 0 saturated heterocycles. The summed E-state index contributed by atoms with van der Waals surface area (Å²) in [6, 6.07) is 17.2. The zero-order valence-corrected chi connectivity index (χ0v) is 17.8. The molecule has 2 aromatic carbocycles. The summed E-state index contributed by atoms with van der Waals surface area (Å²) >= 11 is 0. The summed E-state index contributed by atoms with van der Waals surface area (Å²) in [5.41, 5.74) is 8.43. The summed E-state index contributed by atoms with van der Waals surface area (Å²) in [6.45, 7) is 4.04. The van der Waals surface area contributed by atoms with Gasteiger partial charge in [0.2, 0.25) is 5.91 Å². The number of benzene rings is 2. The fourth-order valence-electron chi connectivity index (χ4n) is 3.92. The Morgan fingerprint density at radius 1 is 1.09 bits per heavy atom. The number of carbonyl (C=O) groups excluding carboxylic acids is 1. The molecule has 0 radical (unpaired) electrons. The van der Waals surface area contributed by atoms with Gasteiger partial charge in [0, 0.05) is 18.3 Å². The number of ether oxygens (including phenoxy) is 1. The first-order chi connectivity index (χ1) is 16.1. The van der Waals surface area contributed by atoms with Crippen LogP contribution >= 0.6 is 0 Å². The minimum Gasteiger partial charge on any atom is -0.457 e.